The van der Waals surface area contributed by atoms with Crippen LogP contribution in [0.3, 0.4) is 0 Å². The highest BCUT2D eigenvalue weighted by molar-refractivity contribution is 7.00. The molecule has 15 aromatic rings. The second-order valence-corrected chi connectivity index (χ2v) is 38.5. The number of rotatable bonds is 10. The van der Waals surface area contributed by atoms with E-state index in [-0.39, 0.29) is 33.8 Å². The number of fused-ring (bicyclic) bond motifs is 7. The van der Waals surface area contributed by atoms with Gasteiger partial charge in [0.05, 0.1) is 40.6 Å². The summed E-state index contributed by atoms with van der Waals surface area (Å²) >= 11 is 0. The summed E-state index contributed by atoms with van der Waals surface area (Å²) in [7, 11) is 0. The van der Waals surface area contributed by atoms with Crippen LogP contribution in [0.15, 0.2) is 291 Å². The maximum absolute atomic E-state index is 10.3. The third kappa shape index (κ3) is 13.7. The highest BCUT2D eigenvalue weighted by atomic mass is 15.2. The number of hydrogen-bond acceptors (Lipinski definition) is 3. The maximum Gasteiger partial charge on any atom is 0.252 e. The Hall–Kier alpha value is -12.5. The highest BCUT2D eigenvalue weighted by Gasteiger charge is 2.47. The molecule has 0 amide bonds. The van der Waals surface area contributed by atoms with Crippen molar-refractivity contribution < 1.29 is 0 Å². The highest BCUT2D eigenvalue weighted by Crippen LogP contribution is 2.56. The molecule has 0 fully saturated rings. The van der Waals surface area contributed by atoms with Crippen LogP contribution in [0.25, 0.3) is 110 Å². The van der Waals surface area contributed by atoms with Crippen molar-refractivity contribution in [1.29, 1.82) is 5.26 Å². The van der Waals surface area contributed by atoms with Gasteiger partial charge in [0.15, 0.2) is 5.69 Å². The number of nitriles is 1. The van der Waals surface area contributed by atoms with Crippen LogP contribution in [0, 0.1) is 17.9 Å². The first-order valence-corrected chi connectivity index (χ1v) is 41.1. The van der Waals surface area contributed by atoms with Crippen molar-refractivity contribution in [2.75, 3.05) is 9.80 Å². The molecule has 0 N–H and O–H groups in total. The molecule has 6 heteroatoms. The molecule has 2 aliphatic heterocycles. The summed E-state index contributed by atoms with van der Waals surface area (Å²) < 4.78 is 2.49. The zero-order valence-electron chi connectivity index (χ0n) is 70.5. The predicted octanol–water partition coefficient (Wildman–Crippen LogP) is 28.7. The van der Waals surface area contributed by atoms with Gasteiger partial charge >= 0.3 is 0 Å². The van der Waals surface area contributed by atoms with Gasteiger partial charge in [-0.15, -0.1) is 0 Å². The average molecular weight is 1500 g/mol. The SMILES string of the molecule is [C-]#[N+]c1ccc(-c2cc(-c3ccc(C(C)(C)C)cc3)c(N3c4cc(-n5c6ccccc6c6ccccc65)ccc4B4c5cc(-c6cccc(C(C)(C)C)c6)ccc5N(c5c(-c6ccc(C(C)(C)C)cc6)cc(-c6ccc(C#N)cc6)cc5-c5ccc(C(C)(C)C)cc5)c5cc(C(C)(C)C)cc3c54)c(-c3ccc(C(C)(C)C)cc3)c2)cc1. The van der Waals surface area contributed by atoms with E-state index in [1.165, 1.54) is 66.1 Å². The fraction of sp³-hybridized carbons (Fsp3) is 0.218. The lowest BCUT2D eigenvalue weighted by Crippen LogP contribution is -2.61. The Balaban J connectivity index is 1.08. The van der Waals surface area contributed by atoms with Gasteiger partial charge in [0.1, 0.15) is 0 Å². The number of aromatic nitrogens is 1. The van der Waals surface area contributed by atoms with E-state index in [1.54, 1.807) is 0 Å². The molecule has 3 heterocycles. The molecule has 2 aliphatic rings. The third-order valence-electron chi connectivity index (χ3n) is 24.4. The molecule has 0 saturated carbocycles. The Morgan fingerprint density at radius 3 is 1.08 bits per heavy atom. The van der Waals surface area contributed by atoms with Crippen LogP contribution < -0.4 is 26.2 Å². The lowest BCUT2D eigenvalue weighted by molar-refractivity contribution is 0.590. The first-order chi connectivity index (χ1) is 55.2. The third-order valence-corrected chi connectivity index (χ3v) is 24.4. The number of hydrogen-bond donors (Lipinski definition) is 0. The Labute approximate surface area is 688 Å². The van der Waals surface area contributed by atoms with Gasteiger partial charge in [-0.05, 0) is 217 Å². The first-order valence-electron chi connectivity index (χ1n) is 41.1. The quantitative estimate of drug-likeness (QED) is 0.101. The molecule has 0 aliphatic carbocycles. The molecule has 5 nitrogen and oxygen atoms in total. The molecule has 0 unspecified atom stereocenters. The predicted molar refractivity (Wildman–Crippen MR) is 496 cm³/mol. The minimum Gasteiger partial charge on any atom is -0.310 e. The lowest BCUT2D eigenvalue weighted by atomic mass is 9.33. The van der Waals surface area contributed by atoms with E-state index in [2.05, 4.69) is 417 Å². The Morgan fingerprint density at radius 1 is 0.293 bits per heavy atom. The van der Waals surface area contributed by atoms with Crippen molar-refractivity contribution in [3.63, 3.8) is 0 Å². The monoisotopic (exact) mass is 1500 g/mol. The maximum atomic E-state index is 10.3. The van der Waals surface area contributed by atoms with Gasteiger partial charge in [-0.25, -0.2) is 4.85 Å². The van der Waals surface area contributed by atoms with E-state index >= 15 is 0 Å². The van der Waals surface area contributed by atoms with E-state index in [0.29, 0.717) is 11.3 Å². The zero-order chi connectivity index (χ0) is 81.4. The summed E-state index contributed by atoms with van der Waals surface area (Å²) in [5.74, 6) is 0. The van der Waals surface area contributed by atoms with Crippen LogP contribution in [-0.4, -0.2) is 11.3 Å². The second-order valence-electron chi connectivity index (χ2n) is 38.5. The van der Waals surface area contributed by atoms with E-state index in [0.717, 1.165) is 123 Å². The van der Waals surface area contributed by atoms with Crippen LogP contribution in [0.5, 0.6) is 0 Å². The van der Waals surface area contributed by atoms with Gasteiger partial charge in [-0.1, -0.05) is 337 Å². The summed E-state index contributed by atoms with van der Waals surface area (Å²) in [5.41, 5.74) is 36.3. The standard InChI is InChI=1S/C110H102BN5/c1-105(2,3)80-46-35-72(36-47-80)90-60-78(70-33-31-69(68-112)32-34-70)61-91(73-37-48-81(49-38-73)106(4,5)6)103(90)115-98-58-45-77(76-25-24-26-84(59-76)109(13,14)15)64-95(98)111-94-57-56-87(114-96-29-22-20-27-88(96)89-28-21-23-30-97(89)114)67-99(94)116(101-66-85(110(16,17)18)65-100(115)102(101)111)104-92(74-39-50-82(51-40-74)107(7,8)9)62-79(71-43-54-86(113-19)55-44-71)63-93(104)75-41-52-83(53-42-75)108(10,11)12/h20-67H,1-18H3. The normalized spacial score (nSPS) is 13.0. The van der Waals surface area contributed by atoms with Gasteiger partial charge in [-0.3, -0.25) is 0 Å². The summed E-state index contributed by atoms with van der Waals surface area (Å²) in [6.45, 7) is 49.5. The van der Waals surface area contributed by atoms with Crippen LogP contribution in [0.2, 0.25) is 0 Å². The first kappa shape index (κ1) is 76.2. The lowest BCUT2D eigenvalue weighted by Gasteiger charge is -2.46. The molecule has 0 atom stereocenters. The van der Waals surface area contributed by atoms with Gasteiger partial charge < -0.3 is 14.4 Å². The summed E-state index contributed by atoms with van der Waals surface area (Å²) in [4.78, 5) is 9.32. The molecule has 116 heavy (non-hydrogen) atoms. The van der Waals surface area contributed by atoms with Crippen molar-refractivity contribution in [3.05, 3.63) is 342 Å². The van der Waals surface area contributed by atoms with Crippen molar-refractivity contribution in [2.24, 2.45) is 0 Å². The fourth-order valence-electron chi connectivity index (χ4n) is 17.6. The number of para-hydroxylation sites is 2. The Morgan fingerprint density at radius 2 is 0.672 bits per heavy atom. The van der Waals surface area contributed by atoms with Gasteiger partial charge in [0, 0.05) is 61.5 Å². The van der Waals surface area contributed by atoms with Crippen LogP contribution in [0.1, 0.15) is 164 Å². The largest absolute Gasteiger partial charge is 0.310 e. The minimum absolute atomic E-state index is 0.103. The second kappa shape index (κ2) is 28.2. The van der Waals surface area contributed by atoms with Gasteiger partial charge in [0.2, 0.25) is 0 Å². The van der Waals surface area contributed by atoms with Crippen molar-refractivity contribution >= 4 is 84.7 Å². The van der Waals surface area contributed by atoms with Crippen LogP contribution >= 0.6 is 0 Å². The zero-order valence-corrected chi connectivity index (χ0v) is 70.5. The molecule has 14 aromatic carbocycles. The molecule has 1 aromatic heterocycles. The summed E-state index contributed by atoms with van der Waals surface area (Å²) in [6.07, 6.45) is 0. The average Bonchev–Trinajstić information content (AvgIpc) is 0.689. The van der Waals surface area contributed by atoms with Crippen LogP contribution in [0.4, 0.5) is 39.8 Å². The van der Waals surface area contributed by atoms with E-state index in [1.807, 2.05) is 24.3 Å². The topological polar surface area (TPSA) is 39.6 Å². The van der Waals surface area contributed by atoms with Crippen LogP contribution in [-0.2, 0) is 32.5 Å². The fourth-order valence-corrected chi connectivity index (χ4v) is 17.6. The Kier molecular flexibility index (Phi) is 18.5. The molecule has 0 bridgehead atoms. The van der Waals surface area contributed by atoms with E-state index < -0.39 is 5.41 Å². The molecular weight excluding hydrogens is 1400 g/mol. The molecule has 0 spiro atoms. The summed E-state index contributed by atoms with van der Waals surface area (Å²) in [5, 5.41) is 12.7. The number of benzene rings is 14. The number of nitrogens with zero attached hydrogens (tertiary/aromatic N) is 5. The van der Waals surface area contributed by atoms with Crippen molar-refractivity contribution in [1.82, 2.24) is 4.57 Å². The van der Waals surface area contributed by atoms with Gasteiger partial charge in [-0.2, -0.15) is 5.26 Å². The Bertz CT molecular complexity index is 6260. The molecule has 0 radical (unpaired) electrons. The summed E-state index contributed by atoms with van der Waals surface area (Å²) in [6, 6.07) is 113. The molecular formula is C110H102BN5. The number of anilines is 6. The van der Waals surface area contributed by atoms with Crippen molar-refractivity contribution in [2.45, 2.75) is 157 Å². The van der Waals surface area contributed by atoms with E-state index in [9.17, 15) is 5.26 Å². The molecule has 17 rings (SSSR count). The van der Waals surface area contributed by atoms with Gasteiger partial charge in [0.25, 0.3) is 6.71 Å². The minimum atomic E-state index is -0.402. The molecule has 570 valence electrons. The smallest absolute Gasteiger partial charge is 0.252 e. The van der Waals surface area contributed by atoms with Crippen molar-refractivity contribution in [3.8, 4) is 89.6 Å². The molecule has 0 saturated heterocycles. The van der Waals surface area contributed by atoms with E-state index in [4.69, 9.17) is 6.57 Å².